The predicted molar refractivity (Wildman–Crippen MR) is 108 cm³/mol. The van der Waals surface area contributed by atoms with E-state index in [1.165, 1.54) is 0 Å². The van der Waals surface area contributed by atoms with Gasteiger partial charge in [-0.25, -0.2) is 4.98 Å². The van der Waals surface area contributed by atoms with E-state index in [0.29, 0.717) is 19.5 Å². The van der Waals surface area contributed by atoms with Crippen molar-refractivity contribution in [1.82, 2.24) is 20.2 Å². The first-order valence-corrected chi connectivity index (χ1v) is 9.68. The Balaban J connectivity index is 1.58. The summed E-state index contributed by atoms with van der Waals surface area (Å²) < 4.78 is 0. The fraction of sp³-hybridized carbons (Fsp3) is 0.429. The number of likely N-dealkylation sites (N-methyl/N-ethyl adjacent to an activating group) is 1. The molecule has 2 aromatic heterocycles. The normalized spacial score (nSPS) is 14.8. The van der Waals surface area contributed by atoms with Crippen molar-refractivity contribution in [3.63, 3.8) is 0 Å². The van der Waals surface area contributed by atoms with Gasteiger partial charge >= 0.3 is 0 Å². The van der Waals surface area contributed by atoms with Crippen LogP contribution >= 0.6 is 0 Å². The van der Waals surface area contributed by atoms with E-state index in [-0.39, 0.29) is 11.8 Å². The molecule has 1 saturated heterocycles. The average Bonchev–Trinajstić information content (AvgIpc) is 3.16. The third kappa shape index (κ3) is 4.85. The highest BCUT2D eigenvalue weighted by atomic mass is 16.2. The Bertz CT molecular complexity index is 811. The number of amides is 2. The van der Waals surface area contributed by atoms with Crippen LogP contribution in [0.25, 0.3) is 0 Å². The minimum absolute atomic E-state index is 0.0546. The van der Waals surface area contributed by atoms with Gasteiger partial charge in [-0.1, -0.05) is 12.1 Å². The lowest BCUT2D eigenvalue weighted by atomic mass is 10.2. The molecule has 3 rings (SSSR count). The van der Waals surface area contributed by atoms with Crippen molar-refractivity contribution in [3.8, 4) is 0 Å². The molecule has 0 radical (unpaired) electrons. The number of nitrogens with one attached hydrogen (secondary N) is 1. The summed E-state index contributed by atoms with van der Waals surface area (Å²) in [4.78, 5) is 36.9. The van der Waals surface area contributed by atoms with Crippen LogP contribution in [0.15, 0.2) is 42.7 Å². The van der Waals surface area contributed by atoms with E-state index in [4.69, 9.17) is 0 Å². The minimum atomic E-state index is -0.447. The van der Waals surface area contributed by atoms with Crippen LogP contribution < -0.4 is 10.2 Å². The van der Waals surface area contributed by atoms with Crippen LogP contribution in [-0.4, -0.2) is 52.9 Å². The van der Waals surface area contributed by atoms with Crippen molar-refractivity contribution in [2.24, 2.45) is 0 Å². The van der Waals surface area contributed by atoms with Gasteiger partial charge in [-0.05, 0) is 31.5 Å². The van der Waals surface area contributed by atoms with Crippen molar-refractivity contribution in [2.75, 3.05) is 25.0 Å². The minimum Gasteiger partial charge on any atom is -0.359 e. The van der Waals surface area contributed by atoms with E-state index < -0.39 is 6.04 Å². The number of nitrogens with zero attached hydrogens (tertiary/aromatic N) is 4. The first kappa shape index (κ1) is 19.8. The molecule has 1 N–H and O–H groups in total. The van der Waals surface area contributed by atoms with Crippen LogP contribution in [0.4, 0.5) is 5.82 Å². The number of aromatic nitrogens is 2. The molecule has 0 unspecified atom stereocenters. The number of likely N-dealkylation sites (tertiary alicyclic amines) is 1. The van der Waals surface area contributed by atoms with E-state index in [0.717, 1.165) is 36.5 Å². The topological polar surface area (TPSA) is 78.4 Å². The number of carbonyl (C=O) groups is 2. The molecule has 0 saturated carbocycles. The summed E-state index contributed by atoms with van der Waals surface area (Å²) in [5.74, 6) is 0.754. The zero-order chi connectivity index (χ0) is 19.9. The molecule has 0 spiro atoms. The first-order valence-electron chi connectivity index (χ1n) is 9.68. The van der Waals surface area contributed by atoms with Gasteiger partial charge in [-0.15, -0.1) is 0 Å². The molecule has 0 aromatic carbocycles. The Labute approximate surface area is 165 Å². The van der Waals surface area contributed by atoms with Gasteiger partial charge in [0.25, 0.3) is 0 Å². The summed E-state index contributed by atoms with van der Waals surface area (Å²) in [7, 11) is 1.99. The van der Waals surface area contributed by atoms with Gasteiger partial charge in [0.2, 0.25) is 11.8 Å². The highest BCUT2D eigenvalue weighted by Crippen LogP contribution is 2.17. The number of rotatable bonds is 8. The van der Waals surface area contributed by atoms with Crippen LogP contribution in [-0.2, 0) is 22.6 Å². The largest absolute Gasteiger partial charge is 0.359 e. The van der Waals surface area contributed by atoms with Gasteiger partial charge in [0.15, 0.2) is 0 Å². The molecule has 1 fully saturated rings. The molecule has 7 heteroatoms. The van der Waals surface area contributed by atoms with Gasteiger partial charge < -0.3 is 15.1 Å². The molecule has 2 aromatic rings. The SMILES string of the molecule is C[C@H](C(=O)NCc1cccnc1N(C)CCc1ccccn1)N1CCCC1=O. The molecule has 0 aliphatic carbocycles. The molecular formula is C21H27N5O2. The van der Waals surface area contributed by atoms with Crippen molar-refractivity contribution in [3.05, 3.63) is 54.0 Å². The Morgan fingerprint density at radius 3 is 2.79 bits per heavy atom. The number of pyridine rings is 2. The Morgan fingerprint density at radius 2 is 2.07 bits per heavy atom. The Kier molecular flexibility index (Phi) is 6.57. The van der Waals surface area contributed by atoms with Gasteiger partial charge in [0.05, 0.1) is 0 Å². The quantitative estimate of drug-likeness (QED) is 0.754. The molecule has 2 amide bonds. The second kappa shape index (κ2) is 9.30. The third-order valence-corrected chi connectivity index (χ3v) is 5.07. The van der Waals surface area contributed by atoms with Gasteiger partial charge in [0, 0.05) is 63.2 Å². The fourth-order valence-electron chi connectivity index (χ4n) is 3.40. The molecule has 1 aliphatic rings. The maximum absolute atomic E-state index is 12.5. The summed E-state index contributed by atoms with van der Waals surface area (Å²) in [5.41, 5.74) is 1.98. The lowest BCUT2D eigenvalue weighted by molar-refractivity contribution is -0.136. The average molecular weight is 381 g/mol. The van der Waals surface area contributed by atoms with Crippen LogP contribution in [0.2, 0.25) is 0 Å². The van der Waals surface area contributed by atoms with Gasteiger partial charge in [0.1, 0.15) is 11.9 Å². The lowest BCUT2D eigenvalue weighted by Gasteiger charge is -2.24. The molecule has 1 atom stereocenters. The number of hydrogen-bond acceptors (Lipinski definition) is 5. The van der Waals surface area contributed by atoms with Crippen LogP contribution in [0, 0.1) is 0 Å². The summed E-state index contributed by atoms with van der Waals surface area (Å²) in [5, 5.41) is 2.95. The summed E-state index contributed by atoms with van der Waals surface area (Å²) in [6.45, 7) is 3.58. The smallest absolute Gasteiger partial charge is 0.242 e. The lowest BCUT2D eigenvalue weighted by Crippen LogP contribution is -2.45. The van der Waals surface area contributed by atoms with Crippen molar-refractivity contribution in [2.45, 2.75) is 38.8 Å². The number of anilines is 1. The molecule has 0 bridgehead atoms. The molecule has 28 heavy (non-hydrogen) atoms. The van der Waals surface area contributed by atoms with Crippen LogP contribution in [0.5, 0.6) is 0 Å². The zero-order valence-electron chi connectivity index (χ0n) is 16.5. The van der Waals surface area contributed by atoms with E-state index in [2.05, 4.69) is 20.2 Å². The number of carbonyl (C=O) groups excluding carboxylic acids is 2. The number of hydrogen-bond donors (Lipinski definition) is 1. The summed E-state index contributed by atoms with van der Waals surface area (Å²) in [6, 6.07) is 9.28. The summed E-state index contributed by atoms with van der Waals surface area (Å²) >= 11 is 0. The van der Waals surface area contributed by atoms with Crippen molar-refractivity contribution >= 4 is 17.6 Å². The first-order chi connectivity index (χ1) is 13.6. The van der Waals surface area contributed by atoms with E-state index in [1.54, 1.807) is 24.2 Å². The molecule has 3 heterocycles. The van der Waals surface area contributed by atoms with E-state index in [1.807, 2.05) is 37.4 Å². The standard InChI is InChI=1S/C21H27N5O2/c1-16(26-13-6-9-19(26)27)21(28)24-15-17-7-5-12-23-20(17)25(2)14-10-18-8-3-4-11-22-18/h3-5,7-8,11-12,16H,6,9-10,13-15H2,1-2H3,(H,24,28)/t16-/m1/s1. The predicted octanol–water partition coefficient (Wildman–Crippen LogP) is 1.78. The fourth-order valence-corrected chi connectivity index (χ4v) is 3.40. The van der Waals surface area contributed by atoms with E-state index in [9.17, 15) is 9.59 Å². The Hall–Kier alpha value is -2.96. The summed E-state index contributed by atoms with van der Waals surface area (Å²) in [6.07, 6.45) is 5.72. The molecule has 1 aliphatic heterocycles. The maximum Gasteiger partial charge on any atom is 0.242 e. The molecule has 7 nitrogen and oxygen atoms in total. The Morgan fingerprint density at radius 1 is 1.25 bits per heavy atom. The van der Waals surface area contributed by atoms with Gasteiger partial charge in [-0.3, -0.25) is 14.6 Å². The molecular weight excluding hydrogens is 354 g/mol. The third-order valence-electron chi connectivity index (χ3n) is 5.07. The van der Waals surface area contributed by atoms with E-state index >= 15 is 0 Å². The van der Waals surface area contributed by atoms with Crippen LogP contribution in [0.3, 0.4) is 0 Å². The zero-order valence-corrected chi connectivity index (χ0v) is 16.5. The monoisotopic (exact) mass is 381 g/mol. The van der Waals surface area contributed by atoms with Crippen LogP contribution in [0.1, 0.15) is 31.0 Å². The van der Waals surface area contributed by atoms with Gasteiger partial charge in [-0.2, -0.15) is 0 Å². The highest BCUT2D eigenvalue weighted by Gasteiger charge is 2.29. The van der Waals surface area contributed by atoms with Crippen molar-refractivity contribution in [1.29, 1.82) is 0 Å². The second-order valence-corrected chi connectivity index (χ2v) is 7.06. The van der Waals surface area contributed by atoms with Crippen molar-refractivity contribution < 1.29 is 9.59 Å². The second-order valence-electron chi connectivity index (χ2n) is 7.06. The maximum atomic E-state index is 12.5. The highest BCUT2D eigenvalue weighted by molar-refractivity contribution is 5.88. The molecule has 148 valence electrons.